The topological polar surface area (TPSA) is 48.0 Å². The van der Waals surface area contributed by atoms with Gasteiger partial charge in [0.25, 0.3) is 0 Å². The molecule has 152 valence electrons. The Bertz CT molecular complexity index is 1030. The number of aryl methyl sites for hydroxylation is 3. The number of halogens is 1. The highest BCUT2D eigenvalue weighted by molar-refractivity contribution is 5.85. The van der Waals surface area contributed by atoms with Crippen LogP contribution in [-0.4, -0.2) is 42.7 Å². The molecular weight excluding hydrogens is 374 g/mol. The maximum Gasteiger partial charge on any atom is 0.328 e. The lowest BCUT2D eigenvalue weighted by Crippen LogP contribution is -2.39. The quantitative estimate of drug-likeness (QED) is 0.671. The highest BCUT2D eigenvalue weighted by atomic mass is 35.5. The molecule has 4 rings (SSSR count). The molecule has 1 fully saturated rings. The van der Waals surface area contributed by atoms with E-state index in [0.29, 0.717) is 6.04 Å². The molecular formula is C21H30ClN5O. The van der Waals surface area contributed by atoms with Gasteiger partial charge in [0.05, 0.1) is 29.3 Å². The minimum Gasteiger partial charge on any atom is -0.329 e. The summed E-state index contributed by atoms with van der Waals surface area (Å²) in [6, 6.07) is 4.73. The number of nitrogens with zero attached hydrogens (tertiary/aromatic N) is 5. The van der Waals surface area contributed by atoms with E-state index in [1.165, 1.54) is 32.4 Å². The van der Waals surface area contributed by atoms with Crippen molar-refractivity contribution in [2.45, 2.75) is 45.7 Å². The number of rotatable bonds is 4. The van der Waals surface area contributed by atoms with E-state index in [0.717, 1.165) is 34.4 Å². The first-order valence-corrected chi connectivity index (χ1v) is 9.88. The lowest BCUT2D eigenvalue weighted by Gasteiger charge is -2.32. The third kappa shape index (κ3) is 3.51. The highest BCUT2D eigenvalue weighted by Crippen LogP contribution is 2.28. The van der Waals surface area contributed by atoms with E-state index in [1.54, 1.807) is 9.13 Å². The van der Waals surface area contributed by atoms with Gasteiger partial charge in [0, 0.05) is 32.2 Å². The van der Waals surface area contributed by atoms with Crippen LogP contribution in [-0.2, 0) is 20.6 Å². The van der Waals surface area contributed by atoms with E-state index >= 15 is 0 Å². The minimum atomic E-state index is 0. The van der Waals surface area contributed by atoms with Crippen LogP contribution >= 0.6 is 12.4 Å². The van der Waals surface area contributed by atoms with Crippen LogP contribution in [0.2, 0.25) is 0 Å². The standard InChI is InChI=1S/C21H29N5O.ClH/c1-15-10-18-19(24(4)21(27)23(18)3)11-17(15)20-12-22-14-26(20)13-16(2)25-8-6-5-7-9-25;/h10-12,14,16H,5-9,13H2,1-4H3;1H. The molecule has 0 radical (unpaired) electrons. The predicted molar refractivity (Wildman–Crippen MR) is 116 cm³/mol. The van der Waals surface area contributed by atoms with Crippen LogP contribution in [0.25, 0.3) is 22.3 Å². The van der Waals surface area contributed by atoms with Gasteiger partial charge in [0.15, 0.2) is 0 Å². The molecule has 0 saturated carbocycles. The van der Waals surface area contributed by atoms with Crippen LogP contribution in [0.4, 0.5) is 0 Å². The van der Waals surface area contributed by atoms with Gasteiger partial charge in [-0.15, -0.1) is 12.4 Å². The van der Waals surface area contributed by atoms with E-state index in [4.69, 9.17) is 0 Å². The van der Waals surface area contributed by atoms with Crippen molar-refractivity contribution >= 4 is 23.4 Å². The van der Waals surface area contributed by atoms with Crippen molar-refractivity contribution in [1.82, 2.24) is 23.6 Å². The van der Waals surface area contributed by atoms with Gasteiger partial charge >= 0.3 is 5.69 Å². The summed E-state index contributed by atoms with van der Waals surface area (Å²) in [6.45, 7) is 7.74. The van der Waals surface area contributed by atoms with Gasteiger partial charge in [-0.1, -0.05) is 6.42 Å². The molecule has 0 bridgehead atoms. The molecule has 0 spiro atoms. The van der Waals surface area contributed by atoms with Gasteiger partial charge in [-0.05, 0) is 57.5 Å². The van der Waals surface area contributed by atoms with Crippen LogP contribution in [0, 0.1) is 6.92 Å². The van der Waals surface area contributed by atoms with Crippen LogP contribution in [0.3, 0.4) is 0 Å². The Balaban J connectivity index is 0.00000225. The summed E-state index contributed by atoms with van der Waals surface area (Å²) >= 11 is 0. The van der Waals surface area contributed by atoms with Gasteiger partial charge in [-0.3, -0.25) is 14.0 Å². The van der Waals surface area contributed by atoms with Crippen molar-refractivity contribution in [2.75, 3.05) is 13.1 Å². The summed E-state index contributed by atoms with van der Waals surface area (Å²) in [4.78, 5) is 19.3. The second kappa shape index (κ2) is 8.13. The first-order chi connectivity index (χ1) is 13.0. The zero-order valence-corrected chi connectivity index (χ0v) is 18.0. The fourth-order valence-electron chi connectivity index (χ4n) is 4.38. The lowest BCUT2D eigenvalue weighted by atomic mass is 10.0. The van der Waals surface area contributed by atoms with E-state index in [2.05, 4.69) is 40.4 Å². The molecule has 1 aliphatic rings. The molecule has 1 saturated heterocycles. The molecule has 0 aliphatic carbocycles. The predicted octanol–water partition coefficient (Wildman–Crippen LogP) is 3.35. The maximum absolute atomic E-state index is 12.3. The Hall–Kier alpha value is -2.05. The SMILES string of the molecule is Cc1cc2c(cc1-c1cncn1CC(C)N1CCCCC1)n(C)c(=O)n2C.Cl. The molecule has 1 atom stereocenters. The second-order valence-electron chi connectivity index (χ2n) is 7.93. The van der Waals surface area contributed by atoms with Crippen molar-refractivity contribution < 1.29 is 0 Å². The Morgan fingerprint density at radius 1 is 1.07 bits per heavy atom. The number of aromatic nitrogens is 4. The fraction of sp³-hybridized carbons (Fsp3) is 0.524. The Morgan fingerprint density at radius 3 is 2.39 bits per heavy atom. The number of likely N-dealkylation sites (tertiary alicyclic amines) is 1. The summed E-state index contributed by atoms with van der Waals surface area (Å²) in [6.07, 6.45) is 7.84. The van der Waals surface area contributed by atoms with Crippen LogP contribution in [0.1, 0.15) is 31.7 Å². The fourth-order valence-corrected chi connectivity index (χ4v) is 4.38. The average Bonchev–Trinajstić information content (AvgIpc) is 3.21. The molecule has 0 N–H and O–H groups in total. The maximum atomic E-state index is 12.3. The van der Waals surface area contributed by atoms with Gasteiger partial charge in [0.1, 0.15) is 0 Å². The summed E-state index contributed by atoms with van der Waals surface area (Å²) in [5.41, 5.74) is 5.36. The van der Waals surface area contributed by atoms with Gasteiger partial charge in [-0.2, -0.15) is 0 Å². The van der Waals surface area contributed by atoms with E-state index in [1.807, 2.05) is 26.6 Å². The van der Waals surface area contributed by atoms with Crippen LogP contribution in [0.15, 0.2) is 29.5 Å². The van der Waals surface area contributed by atoms with E-state index < -0.39 is 0 Å². The molecule has 1 aromatic carbocycles. The zero-order chi connectivity index (χ0) is 19.1. The molecule has 3 heterocycles. The van der Waals surface area contributed by atoms with Gasteiger partial charge in [-0.25, -0.2) is 9.78 Å². The Labute approximate surface area is 172 Å². The van der Waals surface area contributed by atoms with E-state index in [-0.39, 0.29) is 18.1 Å². The number of imidazole rings is 2. The van der Waals surface area contributed by atoms with Crippen molar-refractivity contribution in [3.63, 3.8) is 0 Å². The normalized spacial score (nSPS) is 16.3. The third-order valence-corrected chi connectivity index (χ3v) is 6.08. The van der Waals surface area contributed by atoms with Crippen molar-refractivity contribution in [3.8, 4) is 11.3 Å². The Morgan fingerprint density at radius 2 is 1.71 bits per heavy atom. The molecule has 0 amide bonds. The summed E-state index contributed by atoms with van der Waals surface area (Å²) in [7, 11) is 3.66. The number of benzene rings is 1. The smallest absolute Gasteiger partial charge is 0.328 e. The number of hydrogen-bond acceptors (Lipinski definition) is 3. The lowest BCUT2D eigenvalue weighted by molar-refractivity contribution is 0.160. The summed E-state index contributed by atoms with van der Waals surface area (Å²) in [5, 5.41) is 0. The van der Waals surface area contributed by atoms with Gasteiger partial charge in [0.2, 0.25) is 0 Å². The monoisotopic (exact) mass is 403 g/mol. The third-order valence-electron chi connectivity index (χ3n) is 6.08. The number of fused-ring (bicyclic) bond motifs is 1. The molecule has 1 unspecified atom stereocenters. The second-order valence-corrected chi connectivity index (χ2v) is 7.93. The first-order valence-electron chi connectivity index (χ1n) is 9.88. The molecule has 7 heteroatoms. The highest BCUT2D eigenvalue weighted by Gasteiger charge is 2.19. The van der Waals surface area contributed by atoms with Crippen molar-refractivity contribution in [1.29, 1.82) is 0 Å². The number of piperidine rings is 1. The molecule has 3 aromatic rings. The molecule has 6 nitrogen and oxygen atoms in total. The minimum absolute atomic E-state index is 0. The van der Waals surface area contributed by atoms with Gasteiger partial charge < -0.3 is 4.57 Å². The van der Waals surface area contributed by atoms with Crippen molar-refractivity contribution in [2.24, 2.45) is 14.1 Å². The molecule has 28 heavy (non-hydrogen) atoms. The Kier molecular flexibility index (Phi) is 6.01. The zero-order valence-electron chi connectivity index (χ0n) is 17.2. The average molecular weight is 404 g/mol. The largest absolute Gasteiger partial charge is 0.329 e. The van der Waals surface area contributed by atoms with Crippen LogP contribution < -0.4 is 5.69 Å². The first kappa shape index (κ1) is 20.7. The molecule has 2 aromatic heterocycles. The summed E-state index contributed by atoms with van der Waals surface area (Å²) < 4.78 is 5.69. The van der Waals surface area contributed by atoms with Crippen LogP contribution in [0.5, 0.6) is 0 Å². The van der Waals surface area contributed by atoms with Crippen molar-refractivity contribution in [3.05, 3.63) is 40.7 Å². The summed E-state index contributed by atoms with van der Waals surface area (Å²) in [5.74, 6) is 0. The van der Waals surface area contributed by atoms with E-state index in [9.17, 15) is 4.79 Å². The number of hydrogen-bond donors (Lipinski definition) is 0. The molecule has 1 aliphatic heterocycles.